The van der Waals surface area contributed by atoms with Crippen molar-refractivity contribution in [3.63, 3.8) is 0 Å². The van der Waals surface area contributed by atoms with E-state index in [-0.39, 0.29) is 18.9 Å². The number of hydrogen-bond acceptors (Lipinski definition) is 1. The molecule has 0 heterocycles. The molecule has 0 atom stereocenters. The van der Waals surface area contributed by atoms with Crippen LogP contribution in [0.4, 0.5) is 0 Å². The number of nitrogens with zero attached hydrogens (tertiary/aromatic N) is 1. The third kappa shape index (κ3) is 95.9. The Bertz CT molecular complexity index is 11.6. The molecule has 0 aromatic heterocycles. The van der Waals surface area contributed by atoms with Crippen LogP contribution in [0.2, 0.25) is 0 Å². The van der Waals surface area contributed by atoms with Crippen LogP contribution < -0.4 is 0 Å². The minimum absolute atomic E-state index is 0. The van der Waals surface area contributed by atoms with Crippen LogP contribution in [0.3, 0.4) is 0 Å². The summed E-state index contributed by atoms with van der Waals surface area (Å²) in [6.45, 7) is 0. The normalized spacial score (nSPS) is 7.20. The van der Waals surface area contributed by atoms with Gasteiger partial charge in [0.25, 0.3) is 0 Å². The van der Waals surface area contributed by atoms with Crippen LogP contribution >= 0.6 is 0 Å². The first kappa shape index (κ1) is 9.12. The van der Waals surface area contributed by atoms with Gasteiger partial charge in [0.1, 0.15) is 0 Å². The molecule has 2 heteroatoms. The molecule has 0 N–H and O–H groups in total. The van der Waals surface area contributed by atoms with Gasteiger partial charge < -0.3 is 4.90 Å². The summed E-state index contributed by atoms with van der Waals surface area (Å²) in [6.07, 6.45) is 0. The van der Waals surface area contributed by atoms with Crippen LogP contribution in [0, 0.1) is 0 Å². The van der Waals surface area contributed by atoms with Crippen LogP contribution in [-0.2, 0) is 0 Å². The molecule has 0 unspecified atom stereocenters. The zero-order chi connectivity index (χ0) is 3.58. The molecule has 0 spiro atoms. The van der Waals surface area contributed by atoms with E-state index in [1.54, 1.807) is 0 Å². The Morgan fingerprint density at radius 1 is 1.00 bits per heavy atom. The molecular formula is C3H10LiN. The molecule has 0 aliphatic rings. The topological polar surface area (TPSA) is 3.24 Å². The maximum absolute atomic E-state index is 2.00. The standard InChI is InChI=1S/C3H9N.Li.H/c1-4(2)3;;/h1-3H3;;. The number of rotatable bonds is 0. The van der Waals surface area contributed by atoms with Gasteiger partial charge in [0.05, 0.1) is 0 Å². The first-order valence-electron chi connectivity index (χ1n) is 1.34. The Hall–Kier alpha value is 0.557. The molecule has 5 heavy (non-hydrogen) atoms. The molecule has 0 aromatic rings. The molecule has 0 fully saturated rings. The van der Waals surface area contributed by atoms with E-state index in [2.05, 4.69) is 0 Å². The zero-order valence-corrected chi connectivity index (χ0v) is 3.45. The van der Waals surface area contributed by atoms with Gasteiger partial charge in [-0.3, -0.25) is 0 Å². The predicted octanol–water partition coefficient (Wildman–Crippen LogP) is -0.471. The van der Waals surface area contributed by atoms with Crippen LogP contribution in [0.25, 0.3) is 0 Å². The summed E-state index contributed by atoms with van der Waals surface area (Å²) in [5.41, 5.74) is 0. The predicted molar refractivity (Wildman–Crippen MR) is 26.8 cm³/mol. The summed E-state index contributed by atoms with van der Waals surface area (Å²) in [5, 5.41) is 0. The molecule has 0 radical (unpaired) electrons. The van der Waals surface area contributed by atoms with Crippen molar-refractivity contribution in [3.8, 4) is 0 Å². The molecular weight excluding hydrogens is 57.0 g/mol. The molecule has 0 bridgehead atoms. The second-order valence-corrected chi connectivity index (χ2v) is 1.34. The Morgan fingerprint density at radius 3 is 1.00 bits per heavy atom. The molecule has 0 aliphatic carbocycles. The summed E-state index contributed by atoms with van der Waals surface area (Å²) < 4.78 is 0. The van der Waals surface area contributed by atoms with Crippen molar-refractivity contribution in [3.05, 3.63) is 0 Å². The Balaban J connectivity index is 0. The van der Waals surface area contributed by atoms with Crippen LogP contribution in [0.15, 0.2) is 0 Å². The van der Waals surface area contributed by atoms with Gasteiger partial charge in [0.2, 0.25) is 0 Å². The molecule has 0 aliphatic heterocycles. The van der Waals surface area contributed by atoms with Gasteiger partial charge in [-0.15, -0.1) is 0 Å². The average Bonchev–Trinajstić information content (AvgIpc) is 0.811. The molecule has 0 saturated heterocycles. The molecule has 0 amide bonds. The monoisotopic (exact) mass is 67.1 g/mol. The van der Waals surface area contributed by atoms with Gasteiger partial charge in [-0.25, -0.2) is 0 Å². The van der Waals surface area contributed by atoms with Crippen molar-refractivity contribution in [2.24, 2.45) is 0 Å². The summed E-state index contributed by atoms with van der Waals surface area (Å²) >= 11 is 0. The molecule has 0 rings (SSSR count). The Kier molecular flexibility index (Phi) is 8.31. The summed E-state index contributed by atoms with van der Waals surface area (Å²) in [6, 6.07) is 0. The summed E-state index contributed by atoms with van der Waals surface area (Å²) in [4.78, 5) is 2.00. The Morgan fingerprint density at radius 2 is 1.00 bits per heavy atom. The van der Waals surface area contributed by atoms with Gasteiger partial charge in [0, 0.05) is 0 Å². The van der Waals surface area contributed by atoms with Crippen molar-refractivity contribution < 1.29 is 0 Å². The van der Waals surface area contributed by atoms with Gasteiger partial charge >= 0.3 is 18.9 Å². The SMILES string of the molecule is CN(C)C.[LiH]. The first-order valence-corrected chi connectivity index (χ1v) is 1.34. The fraction of sp³-hybridized carbons (Fsp3) is 1.00. The first-order chi connectivity index (χ1) is 1.73. The van der Waals surface area contributed by atoms with E-state index in [9.17, 15) is 0 Å². The van der Waals surface area contributed by atoms with E-state index < -0.39 is 0 Å². The maximum atomic E-state index is 2.00. The van der Waals surface area contributed by atoms with Crippen molar-refractivity contribution >= 4 is 18.9 Å². The van der Waals surface area contributed by atoms with Crippen LogP contribution in [0.5, 0.6) is 0 Å². The van der Waals surface area contributed by atoms with E-state index in [1.165, 1.54) is 0 Å². The fourth-order valence-corrected chi connectivity index (χ4v) is 0. The average molecular weight is 67.1 g/mol. The van der Waals surface area contributed by atoms with E-state index in [0.29, 0.717) is 0 Å². The summed E-state index contributed by atoms with van der Waals surface area (Å²) in [5.74, 6) is 0. The molecule has 0 aromatic carbocycles. The zero-order valence-electron chi connectivity index (χ0n) is 3.45. The second kappa shape index (κ2) is 4.56. The summed E-state index contributed by atoms with van der Waals surface area (Å²) in [7, 11) is 6.00. The van der Waals surface area contributed by atoms with Gasteiger partial charge in [-0.1, -0.05) is 0 Å². The second-order valence-electron chi connectivity index (χ2n) is 1.34. The quantitative estimate of drug-likeness (QED) is 0.346. The van der Waals surface area contributed by atoms with Gasteiger partial charge in [0.15, 0.2) is 0 Å². The minimum atomic E-state index is 0. The Labute approximate surface area is 45.5 Å². The van der Waals surface area contributed by atoms with Crippen molar-refractivity contribution in [1.29, 1.82) is 0 Å². The van der Waals surface area contributed by atoms with Crippen molar-refractivity contribution in [1.82, 2.24) is 4.90 Å². The number of hydrogen-bond donors (Lipinski definition) is 0. The van der Waals surface area contributed by atoms with Crippen molar-refractivity contribution in [2.75, 3.05) is 21.1 Å². The van der Waals surface area contributed by atoms with Gasteiger partial charge in [-0.2, -0.15) is 0 Å². The fourth-order valence-electron chi connectivity index (χ4n) is 0. The van der Waals surface area contributed by atoms with E-state index in [0.717, 1.165) is 0 Å². The van der Waals surface area contributed by atoms with E-state index in [4.69, 9.17) is 0 Å². The third-order valence-corrected chi connectivity index (χ3v) is 0. The molecule has 28 valence electrons. The van der Waals surface area contributed by atoms with Crippen LogP contribution in [0.1, 0.15) is 0 Å². The molecule has 0 saturated carbocycles. The van der Waals surface area contributed by atoms with Gasteiger partial charge in [-0.05, 0) is 21.1 Å². The van der Waals surface area contributed by atoms with Crippen molar-refractivity contribution in [2.45, 2.75) is 0 Å². The molecule has 1 nitrogen and oxygen atoms in total. The van der Waals surface area contributed by atoms with E-state index in [1.807, 2.05) is 26.0 Å². The van der Waals surface area contributed by atoms with E-state index >= 15 is 0 Å². The third-order valence-electron chi connectivity index (χ3n) is 0. The van der Waals surface area contributed by atoms with Crippen LogP contribution in [-0.4, -0.2) is 44.9 Å².